The van der Waals surface area contributed by atoms with Gasteiger partial charge in [0.2, 0.25) is 0 Å². The fourth-order valence-corrected chi connectivity index (χ4v) is 4.80. The molecule has 0 atom stereocenters. The molecule has 0 bridgehead atoms. The van der Waals surface area contributed by atoms with Gasteiger partial charge in [0.25, 0.3) is 0 Å². The molecule has 2 rings (SSSR count). The molecule has 0 nitrogen and oxygen atoms in total. The van der Waals surface area contributed by atoms with E-state index < -0.39 is 0 Å². The van der Waals surface area contributed by atoms with Gasteiger partial charge in [-0.1, -0.05) is 71.4 Å². The minimum atomic E-state index is 0.331. The zero-order valence-electron chi connectivity index (χ0n) is 12.8. The van der Waals surface area contributed by atoms with Crippen molar-refractivity contribution in [2.45, 2.75) is 58.3 Å². The van der Waals surface area contributed by atoms with Crippen molar-refractivity contribution in [1.29, 1.82) is 0 Å². The Kier molecular flexibility index (Phi) is 6.90. The van der Waals surface area contributed by atoms with E-state index in [1.165, 1.54) is 44.9 Å². The number of hydrogen-bond donors (Lipinski definition) is 0. The lowest BCUT2D eigenvalue weighted by Gasteiger charge is -2.39. The fraction of sp³-hybridized carbons (Fsp3) is 0.667. The van der Waals surface area contributed by atoms with Crippen LogP contribution >= 0.6 is 39.1 Å². The van der Waals surface area contributed by atoms with Crippen LogP contribution in [0.25, 0.3) is 0 Å². The number of rotatable bonds is 6. The molecule has 1 fully saturated rings. The van der Waals surface area contributed by atoms with Gasteiger partial charge in [-0.2, -0.15) is 0 Å². The van der Waals surface area contributed by atoms with Gasteiger partial charge in [-0.25, -0.2) is 0 Å². The van der Waals surface area contributed by atoms with Gasteiger partial charge >= 0.3 is 0 Å². The number of halogens is 3. The van der Waals surface area contributed by atoms with Gasteiger partial charge in [-0.05, 0) is 61.1 Å². The molecule has 1 aromatic rings. The predicted molar refractivity (Wildman–Crippen MR) is 97.9 cm³/mol. The maximum absolute atomic E-state index is 6.37. The SMILES string of the molecule is CCCCC1CCC(CBr)(Cc2c(Cl)cccc2Cl)CC1. The largest absolute Gasteiger partial charge is 0.0922 e. The molecule has 0 aromatic heterocycles. The van der Waals surface area contributed by atoms with Gasteiger partial charge in [0.05, 0.1) is 0 Å². The number of unbranched alkanes of at least 4 members (excludes halogenated alkanes) is 1. The maximum Gasteiger partial charge on any atom is 0.0453 e. The number of benzene rings is 1. The Bertz CT molecular complexity index is 430. The Morgan fingerprint density at radius 2 is 1.81 bits per heavy atom. The van der Waals surface area contributed by atoms with Crippen molar-refractivity contribution in [3.8, 4) is 0 Å². The van der Waals surface area contributed by atoms with Crippen molar-refractivity contribution in [3.05, 3.63) is 33.8 Å². The summed E-state index contributed by atoms with van der Waals surface area (Å²) in [6, 6.07) is 5.84. The summed E-state index contributed by atoms with van der Waals surface area (Å²) in [7, 11) is 0. The van der Waals surface area contributed by atoms with Crippen molar-refractivity contribution < 1.29 is 0 Å². The summed E-state index contributed by atoms with van der Waals surface area (Å²) in [5.74, 6) is 0.929. The zero-order chi connectivity index (χ0) is 15.3. The lowest BCUT2D eigenvalue weighted by atomic mass is 9.68. The third-order valence-electron chi connectivity index (χ3n) is 5.03. The van der Waals surface area contributed by atoms with E-state index in [4.69, 9.17) is 23.2 Å². The van der Waals surface area contributed by atoms with Crippen LogP contribution in [-0.4, -0.2) is 5.33 Å². The molecular weight excluding hydrogens is 367 g/mol. The second-order valence-electron chi connectivity index (χ2n) is 6.60. The van der Waals surface area contributed by atoms with Gasteiger partial charge in [0.1, 0.15) is 0 Å². The first-order chi connectivity index (χ1) is 10.1. The first kappa shape index (κ1) is 17.6. The van der Waals surface area contributed by atoms with Crippen LogP contribution < -0.4 is 0 Å². The zero-order valence-corrected chi connectivity index (χ0v) is 15.9. The third-order valence-corrected chi connectivity index (χ3v) is 6.93. The minimum Gasteiger partial charge on any atom is -0.0922 e. The highest BCUT2D eigenvalue weighted by Gasteiger charge is 2.35. The molecule has 118 valence electrons. The maximum atomic E-state index is 6.37. The summed E-state index contributed by atoms with van der Waals surface area (Å²) in [5.41, 5.74) is 1.46. The van der Waals surface area contributed by atoms with Gasteiger partial charge in [0.15, 0.2) is 0 Å². The highest BCUT2D eigenvalue weighted by molar-refractivity contribution is 9.09. The van der Waals surface area contributed by atoms with Crippen molar-refractivity contribution in [2.24, 2.45) is 11.3 Å². The van der Waals surface area contributed by atoms with Crippen molar-refractivity contribution in [3.63, 3.8) is 0 Å². The molecule has 0 amide bonds. The Morgan fingerprint density at radius 1 is 1.19 bits per heavy atom. The van der Waals surface area contributed by atoms with Crippen LogP contribution in [-0.2, 0) is 6.42 Å². The Labute approximate surface area is 147 Å². The number of alkyl halides is 1. The molecule has 0 saturated heterocycles. The fourth-order valence-electron chi connectivity index (χ4n) is 3.51. The molecule has 1 aliphatic carbocycles. The Morgan fingerprint density at radius 3 is 2.33 bits per heavy atom. The van der Waals surface area contributed by atoms with Crippen LogP contribution in [0.3, 0.4) is 0 Å². The second-order valence-corrected chi connectivity index (χ2v) is 7.97. The molecule has 0 aliphatic heterocycles. The first-order valence-corrected chi connectivity index (χ1v) is 9.97. The van der Waals surface area contributed by atoms with Gasteiger partial charge in [0, 0.05) is 15.4 Å². The summed E-state index contributed by atoms with van der Waals surface area (Å²) in [6.45, 7) is 2.28. The lowest BCUT2D eigenvalue weighted by molar-refractivity contribution is 0.169. The van der Waals surface area contributed by atoms with Gasteiger partial charge in [-0.3, -0.25) is 0 Å². The topological polar surface area (TPSA) is 0 Å². The van der Waals surface area contributed by atoms with E-state index in [0.29, 0.717) is 5.41 Å². The van der Waals surface area contributed by atoms with E-state index in [0.717, 1.165) is 33.3 Å². The quantitative estimate of drug-likeness (QED) is 0.446. The normalized spacial score (nSPS) is 26.0. The second kappa shape index (κ2) is 8.22. The lowest BCUT2D eigenvalue weighted by Crippen LogP contribution is -2.31. The summed E-state index contributed by atoms with van der Waals surface area (Å²) >= 11 is 16.5. The molecule has 0 heterocycles. The van der Waals surface area contributed by atoms with Crippen LogP contribution in [0, 0.1) is 11.3 Å². The van der Waals surface area contributed by atoms with Crippen LogP contribution in [0.1, 0.15) is 57.4 Å². The summed E-state index contributed by atoms with van der Waals surface area (Å²) in [4.78, 5) is 0. The molecular formula is C18H25BrCl2. The summed E-state index contributed by atoms with van der Waals surface area (Å²) < 4.78 is 0. The number of hydrogen-bond acceptors (Lipinski definition) is 0. The van der Waals surface area contributed by atoms with Gasteiger partial charge in [-0.15, -0.1) is 0 Å². The minimum absolute atomic E-state index is 0.331. The summed E-state index contributed by atoms with van der Waals surface area (Å²) in [5, 5.41) is 2.68. The molecule has 0 N–H and O–H groups in total. The third kappa shape index (κ3) is 4.62. The average Bonchev–Trinajstić information content (AvgIpc) is 2.50. The molecule has 1 saturated carbocycles. The van der Waals surface area contributed by atoms with Crippen molar-refractivity contribution in [1.82, 2.24) is 0 Å². The van der Waals surface area contributed by atoms with Crippen molar-refractivity contribution in [2.75, 3.05) is 5.33 Å². The molecule has 0 spiro atoms. The molecule has 1 aromatic carbocycles. The molecule has 3 heteroatoms. The first-order valence-electron chi connectivity index (χ1n) is 8.09. The monoisotopic (exact) mass is 390 g/mol. The predicted octanol–water partition coefficient (Wildman–Crippen LogP) is 7.30. The Hall–Kier alpha value is 0.280. The van der Waals surface area contributed by atoms with Crippen LogP contribution in [0.4, 0.5) is 0 Å². The standard InChI is InChI=1S/C18H25BrCl2/c1-2-3-5-14-8-10-18(13-19,11-9-14)12-15-16(20)6-4-7-17(15)21/h4,6-7,14H,2-3,5,8-13H2,1H3. The summed E-state index contributed by atoms with van der Waals surface area (Å²) in [6.07, 6.45) is 10.4. The van der Waals surface area contributed by atoms with E-state index >= 15 is 0 Å². The van der Waals surface area contributed by atoms with Crippen LogP contribution in [0.2, 0.25) is 10.0 Å². The highest BCUT2D eigenvalue weighted by atomic mass is 79.9. The molecule has 21 heavy (non-hydrogen) atoms. The van der Waals surface area contributed by atoms with Gasteiger partial charge < -0.3 is 0 Å². The van der Waals surface area contributed by atoms with Crippen LogP contribution in [0.5, 0.6) is 0 Å². The van der Waals surface area contributed by atoms with E-state index in [1.807, 2.05) is 18.2 Å². The molecule has 1 aliphatic rings. The average molecular weight is 392 g/mol. The van der Waals surface area contributed by atoms with Crippen LogP contribution in [0.15, 0.2) is 18.2 Å². The highest BCUT2D eigenvalue weighted by Crippen LogP contribution is 2.45. The molecule has 0 radical (unpaired) electrons. The smallest absolute Gasteiger partial charge is 0.0453 e. The van der Waals surface area contributed by atoms with E-state index in [2.05, 4.69) is 22.9 Å². The van der Waals surface area contributed by atoms with E-state index in [1.54, 1.807) is 0 Å². The molecule has 0 unspecified atom stereocenters. The van der Waals surface area contributed by atoms with Crippen molar-refractivity contribution >= 4 is 39.1 Å². The van der Waals surface area contributed by atoms with E-state index in [-0.39, 0.29) is 0 Å². The Balaban J connectivity index is 2.03. The van der Waals surface area contributed by atoms with E-state index in [9.17, 15) is 0 Å².